The molecule has 5 nitrogen and oxygen atoms in total. The quantitative estimate of drug-likeness (QED) is 0.548. The Kier molecular flexibility index (Phi) is 6.85. The van der Waals surface area contributed by atoms with E-state index in [0.717, 1.165) is 18.8 Å². The lowest BCUT2D eigenvalue weighted by molar-refractivity contribution is -0.898. The lowest BCUT2D eigenvalue weighted by Crippen LogP contribution is -3.14. The van der Waals surface area contributed by atoms with Gasteiger partial charge in [0.2, 0.25) is 0 Å². The number of carbonyl (C=O) groups excluding carboxylic acids is 1. The monoisotopic (exact) mass is 418 g/mol. The third-order valence-corrected chi connectivity index (χ3v) is 6.46. The minimum Gasteiger partial charge on any atom is -0.360 e. The lowest BCUT2D eigenvalue weighted by Gasteiger charge is -2.33. The summed E-state index contributed by atoms with van der Waals surface area (Å²) >= 11 is 0. The van der Waals surface area contributed by atoms with Crippen molar-refractivity contribution in [2.45, 2.75) is 19.9 Å². The first kappa shape index (κ1) is 21.3. The van der Waals surface area contributed by atoms with Crippen LogP contribution in [-0.4, -0.2) is 45.2 Å². The van der Waals surface area contributed by atoms with E-state index in [1.54, 1.807) is 4.90 Å². The Bertz CT molecular complexity index is 1000. The molecule has 3 aromatic rings. The zero-order chi connectivity index (χ0) is 21.6. The number of piperazine rings is 1. The molecule has 1 saturated heterocycles. The molecule has 1 aliphatic rings. The van der Waals surface area contributed by atoms with Gasteiger partial charge in [0.25, 0.3) is 5.91 Å². The predicted molar refractivity (Wildman–Crippen MR) is 128 cm³/mol. The fourth-order valence-electron chi connectivity index (χ4n) is 4.46. The van der Waals surface area contributed by atoms with Gasteiger partial charge in [-0.2, -0.15) is 0 Å². The van der Waals surface area contributed by atoms with Crippen molar-refractivity contribution < 1.29 is 15.0 Å². The molecule has 1 fully saturated rings. The average Bonchev–Trinajstić information content (AvgIpc) is 2.83. The molecule has 0 saturated carbocycles. The van der Waals surface area contributed by atoms with Gasteiger partial charge < -0.3 is 20.4 Å². The number of anilines is 2. The number of hydrogen-bond donors (Lipinski definition) is 3. The summed E-state index contributed by atoms with van der Waals surface area (Å²) in [6.07, 6.45) is 0. The molecule has 4 rings (SSSR count). The van der Waals surface area contributed by atoms with Crippen LogP contribution in [0.2, 0.25) is 0 Å². The van der Waals surface area contributed by atoms with Crippen molar-refractivity contribution >= 4 is 28.1 Å². The topological polar surface area (TPSA) is 53.4 Å². The largest absolute Gasteiger partial charge is 0.360 e. The Labute approximate surface area is 185 Å². The molecule has 31 heavy (non-hydrogen) atoms. The summed E-state index contributed by atoms with van der Waals surface area (Å²) in [5.41, 5.74) is 3.36. The molecule has 0 bridgehead atoms. The summed E-state index contributed by atoms with van der Waals surface area (Å²) in [4.78, 5) is 16.6. The van der Waals surface area contributed by atoms with E-state index in [4.69, 9.17) is 0 Å². The molecule has 4 N–H and O–H groups in total. The van der Waals surface area contributed by atoms with Crippen molar-refractivity contribution in [1.29, 1.82) is 0 Å². The van der Waals surface area contributed by atoms with Gasteiger partial charge in [-0.05, 0) is 48.9 Å². The number of amides is 1. The highest BCUT2D eigenvalue weighted by Gasteiger charge is 2.19. The van der Waals surface area contributed by atoms with E-state index in [9.17, 15) is 4.79 Å². The van der Waals surface area contributed by atoms with E-state index in [2.05, 4.69) is 84.0 Å². The number of hydrogen-bond acceptors (Lipinski definition) is 2. The number of benzene rings is 3. The van der Waals surface area contributed by atoms with E-state index < -0.39 is 0 Å². The summed E-state index contributed by atoms with van der Waals surface area (Å²) in [6.45, 7) is 10.6. The number of fused-ring (bicyclic) bond motifs is 1. The highest BCUT2D eigenvalue weighted by Crippen LogP contribution is 2.22. The van der Waals surface area contributed by atoms with Crippen LogP contribution >= 0.6 is 0 Å². The van der Waals surface area contributed by atoms with Gasteiger partial charge >= 0.3 is 0 Å². The Balaban J connectivity index is 1.30. The molecule has 0 unspecified atom stereocenters. The molecule has 5 heteroatoms. The summed E-state index contributed by atoms with van der Waals surface area (Å²) in [5, 5.41) is 7.63. The first-order chi connectivity index (χ1) is 15.1. The van der Waals surface area contributed by atoms with E-state index in [1.165, 1.54) is 41.7 Å². The van der Waals surface area contributed by atoms with Gasteiger partial charge in [0.1, 0.15) is 6.04 Å². The Hall–Kier alpha value is -2.89. The third-order valence-electron chi connectivity index (χ3n) is 6.46. The molecule has 0 spiro atoms. The summed E-state index contributed by atoms with van der Waals surface area (Å²) in [7, 11) is 0. The molecule has 1 heterocycles. The normalized spacial score (nSPS) is 15.7. The number of likely N-dealkylation sites (N-methyl/N-ethyl adjacent to an activating group) is 1. The van der Waals surface area contributed by atoms with E-state index in [1.807, 2.05) is 12.1 Å². The van der Waals surface area contributed by atoms with Crippen LogP contribution in [0, 0.1) is 0 Å². The number of rotatable bonds is 7. The fourth-order valence-corrected chi connectivity index (χ4v) is 4.46. The van der Waals surface area contributed by atoms with Crippen LogP contribution in [0.15, 0.2) is 66.7 Å². The van der Waals surface area contributed by atoms with Gasteiger partial charge in [-0.3, -0.25) is 4.79 Å². The molecule has 0 aliphatic carbocycles. The SMILES string of the molecule is CC[NH+]1CCN(c2ccc(NC(=O)C[NH2+][C@H](C)c3cccc4ccccc34)cc2)CC1. The van der Waals surface area contributed by atoms with Crippen molar-refractivity contribution in [3.05, 3.63) is 72.3 Å². The predicted octanol–water partition coefficient (Wildman–Crippen LogP) is 1.83. The molecule has 0 aromatic heterocycles. The van der Waals surface area contributed by atoms with Crippen LogP contribution < -0.4 is 20.4 Å². The summed E-state index contributed by atoms with van der Waals surface area (Å²) in [5.74, 6) is 0.0278. The second kappa shape index (κ2) is 9.94. The van der Waals surface area contributed by atoms with Crippen LogP contribution in [0.25, 0.3) is 10.8 Å². The molecule has 1 atom stereocenters. The standard InChI is InChI=1S/C26H32N4O/c1-3-29-15-17-30(18-16-29)23-13-11-22(12-14-23)28-26(31)19-27-20(2)24-10-6-8-21-7-4-5-9-25(21)24/h4-14,20,27H,3,15-19H2,1-2H3,(H,28,31)/p+2/t20-/m1/s1. The van der Waals surface area contributed by atoms with Crippen molar-refractivity contribution in [3.8, 4) is 0 Å². The van der Waals surface area contributed by atoms with Gasteiger partial charge in [0.05, 0.1) is 32.7 Å². The van der Waals surface area contributed by atoms with Crippen LogP contribution in [0.3, 0.4) is 0 Å². The van der Waals surface area contributed by atoms with Crippen molar-refractivity contribution in [1.82, 2.24) is 0 Å². The Morgan fingerprint density at radius 1 is 1.03 bits per heavy atom. The third kappa shape index (κ3) is 5.24. The molecule has 0 radical (unpaired) electrons. The highest BCUT2D eigenvalue weighted by molar-refractivity contribution is 5.91. The van der Waals surface area contributed by atoms with Crippen LogP contribution in [0.5, 0.6) is 0 Å². The summed E-state index contributed by atoms with van der Waals surface area (Å²) < 4.78 is 0. The maximum atomic E-state index is 12.5. The zero-order valence-corrected chi connectivity index (χ0v) is 18.6. The second-order valence-electron chi connectivity index (χ2n) is 8.48. The van der Waals surface area contributed by atoms with Crippen LogP contribution in [0.4, 0.5) is 11.4 Å². The maximum absolute atomic E-state index is 12.5. The van der Waals surface area contributed by atoms with Gasteiger partial charge in [0.15, 0.2) is 6.54 Å². The number of nitrogens with one attached hydrogen (secondary N) is 2. The molecule has 162 valence electrons. The number of quaternary nitrogens is 2. The smallest absolute Gasteiger partial charge is 0.279 e. The van der Waals surface area contributed by atoms with Crippen LogP contribution in [-0.2, 0) is 4.79 Å². The van der Waals surface area contributed by atoms with Gasteiger partial charge in [0, 0.05) is 16.9 Å². The van der Waals surface area contributed by atoms with E-state index in [0.29, 0.717) is 6.54 Å². The number of nitrogens with zero attached hydrogens (tertiary/aromatic N) is 1. The Morgan fingerprint density at radius 3 is 2.48 bits per heavy atom. The molecular weight excluding hydrogens is 384 g/mol. The average molecular weight is 419 g/mol. The molecular formula is C26H34N4O+2. The van der Waals surface area contributed by atoms with Crippen molar-refractivity contribution in [3.63, 3.8) is 0 Å². The number of carbonyl (C=O) groups is 1. The first-order valence-electron chi connectivity index (χ1n) is 11.4. The highest BCUT2D eigenvalue weighted by atomic mass is 16.1. The van der Waals surface area contributed by atoms with E-state index >= 15 is 0 Å². The van der Waals surface area contributed by atoms with Gasteiger partial charge in [-0.25, -0.2) is 0 Å². The molecule has 3 aromatic carbocycles. The maximum Gasteiger partial charge on any atom is 0.279 e. The van der Waals surface area contributed by atoms with Crippen LogP contribution in [0.1, 0.15) is 25.5 Å². The minimum atomic E-state index is 0.0278. The minimum absolute atomic E-state index is 0.0278. The second-order valence-corrected chi connectivity index (χ2v) is 8.48. The number of nitrogens with two attached hydrogens (primary N) is 1. The molecule has 1 aliphatic heterocycles. The van der Waals surface area contributed by atoms with Gasteiger partial charge in [-0.15, -0.1) is 0 Å². The van der Waals surface area contributed by atoms with Gasteiger partial charge in [-0.1, -0.05) is 42.5 Å². The first-order valence-corrected chi connectivity index (χ1v) is 11.4. The van der Waals surface area contributed by atoms with Crippen molar-refractivity contribution in [2.75, 3.05) is 49.5 Å². The Morgan fingerprint density at radius 2 is 1.74 bits per heavy atom. The summed E-state index contributed by atoms with van der Waals surface area (Å²) in [6, 6.07) is 23.3. The molecule has 1 amide bonds. The lowest BCUT2D eigenvalue weighted by atomic mass is 10.00. The fraction of sp³-hybridized carbons (Fsp3) is 0.346. The van der Waals surface area contributed by atoms with Crippen molar-refractivity contribution in [2.24, 2.45) is 0 Å². The van der Waals surface area contributed by atoms with E-state index in [-0.39, 0.29) is 11.9 Å². The zero-order valence-electron chi connectivity index (χ0n) is 18.6.